The fourth-order valence-corrected chi connectivity index (χ4v) is 2.85. The first-order valence-electron chi connectivity index (χ1n) is 6.80. The van der Waals surface area contributed by atoms with Crippen LogP contribution in [0.2, 0.25) is 0 Å². The topological polar surface area (TPSA) is 72.2 Å². The van der Waals surface area contributed by atoms with Gasteiger partial charge in [0.05, 0.1) is 16.7 Å². The van der Waals surface area contributed by atoms with E-state index in [-0.39, 0.29) is 11.6 Å². The van der Waals surface area contributed by atoms with Gasteiger partial charge in [-0.2, -0.15) is 0 Å². The van der Waals surface area contributed by atoms with E-state index >= 15 is 0 Å². The number of hydrogen-bond acceptors (Lipinski definition) is 5. The number of hydrogen-bond donors (Lipinski definition) is 1. The third-order valence-electron chi connectivity index (χ3n) is 3.31. The van der Waals surface area contributed by atoms with Crippen LogP contribution in [0.4, 0.5) is 0 Å². The maximum Gasteiger partial charge on any atom is 0.349 e. The third-order valence-corrected chi connectivity index (χ3v) is 4.11. The molecule has 1 N–H and O–H groups in total. The minimum absolute atomic E-state index is 0.00231. The fraction of sp³-hybridized carbons (Fsp3) is 0.188. The Hall–Kier alpha value is -2.47. The number of amides is 1. The number of carbonyl (C=O) groups is 1. The van der Waals surface area contributed by atoms with Gasteiger partial charge >= 0.3 is 5.63 Å². The molecule has 112 valence electrons. The second-order valence-electron chi connectivity index (χ2n) is 4.97. The summed E-state index contributed by atoms with van der Waals surface area (Å²) in [6.45, 7) is 3.73. The van der Waals surface area contributed by atoms with E-state index in [9.17, 15) is 9.59 Å². The molecule has 2 aromatic heterocycles. The highest BCUT2D eigenvalue weighted by atomic mass is 32.1. The van der Waals surface area contributed by atoms with Crippen molar-refractivity contribution in [1.82, 2.24) is 10.3 Å². The fourth-order valence-electron chi connectivity index (χ4n) is 2.15. The zero-order valence-corrected chi connectivity index (χ0v) is 12.9. The van der Waals surface area contributed by atoms with E-state index in [1.807, 2.05) is 25.3 Å². The van der Waals surface area contributed by atoms with E-state index < -0.39 is 11.5 Å². The lowest BCUT2D eigenvalue weighted by Gasteiger charge is -2.11. The number of para-hydroxylation sites is 1. The lowest BCUT2D eigenvalue weighted by Crippen LogP contribution is -2.30. The Labute approximate surface area is 130 Å². The van der Waals surface area contributed by atoms with Gasteiger partial charge in [0.15, 0.2) is 0 Å². The second-order valence-corrected chi connectivity index (χ2v) is 6.03. The van der Waals surface area contributed by atoms with Crippen LogP contribution in [0.5, 0.6) is 0 Å². The zero-order chi connectivity index (χ0) is 15.7. The van der Waals surface area contributed by atoms with Crippen LogP contribution in [-0.2, 0) is 0 Å². The number of benzene rings is 1. The number of fused-ring (bicyclic) bond motifs is 1. The van der Waals surface area contributed by atoms with Gasteiger partial charge in [-0.15, -0.1) is 11.3 Å². The summed E-state index contributed by atoms with van der Waals surface area (Å²) in [5, 5.41) is 6.31. The molecule has 0 spiro atoms. The van der Waals surface area contributed by atoms with E-state index in [1.165, 1.54) is 11.3 Å². The number of nitrogens with one attached hydrogen (secondary N) is 1. The van der Waals surface area contributed by atoms with Gasteiger partial charge in [0.2, 0.25) is 0 Å². The zero-order valence-electron chi connectivity index (χ0n) is 12.1. The van der Waals surface area contributed by atoms with Gasteiger partial charge < -0.3 is 9.73 Å². The van der Waals surface area contributed by atoms with Gasteiger partial charge in [0, 0.05) is 10.8 Å². The maximum absolute atomic E-state index is 12.3. The molecule has 0 aliphatic heterocycles. The first-order valence-corrected chi connectivity index (χ1v) is 7.68. The number of aryl methyl sites for hydroxylation is 1. The Balaban J connectivity index is 1.88. The Kier molecular flexibility index (Phi) is 3.77. The van der Waals surface area contributed by atoms with E-state index in [1.54, 1.807) is 24.3 Å². The van der Waals surface area contributed by atoms with Crippen LogP contribution in [0, 0.1) is 6.92 Å². The van der Waals surface area contributed by atoms with Crippen molar-refractivity contribution in [3.63, 3.8) is 0 Å². The van der Waals surface area contributed by atoms with Crippen molar-refractivity contribution in [1.29, 1.82) is 0 Å². The average molecular weight is 314 g/mol. The molecule has 2 heterocycles. The smallest absolute Gasteiger partial charge is 0.349 e. The monoisotopic (exact) mass is 314 g/mol. The predicted octanol–water partition coefficient (Wildman–Crippen LogP) is 3.05. The number of thiazole rings is 1. The molecule has 3 aromatic rings. The Bertz CT molecular complexity index is 898. The molecule has 5 nitrogen and oxygen atoms in total. The van der Waals surface area contributed by atoms with Crippen molar-refractivity contribution in [3.05, 3.63) is 62.4 Å². The largest absolute Gasteiger partial charge is 0.422 e. The van der Waals surface area contributed by atoms with Crippen molar-refractivity contribution < 1.29 is 9.21 Å². The molecular weight excluding hydrogens is 300 g/mol. The first-order chi connectivity index (χ1) is 10.5. The highest BCUT2D eigenvalue weighted by Crippen LogP contribution is 2.17. The summed E-state index contributed by atoms with van der Waals surface area (Å²) in [5.41, 5.74) is 0.601. The van der Waals surface area contributed by atoms with Gasteiger partial charge in [-0.05, 0) is 26.0 Å². The quantitative estimate of drug-likeness (QED) is 0.754. The Morgan fingerprint density at radius 2 is 2.14 bits per heavy atom. The van der Waals surface area contributed by atoms with E-state index in [4.69, 9.17) is 4.42 Å². The SMILES string of the molecule is Cc1nc(C(C)NC(=O)c2cc3ccccc3oc2=O)cs1. The molecule has 6 heteroatoms. The number of aromatic nitrogens is 1. The molecule has 22 heavy (non-hydrogen) atoms. The van der Waals surface area contributed by atoms with Crippen molar-refractivity contribution >= 4 is 28.2 Å². The molecule has 0 saturated carbocycles. The van der Waals surface area contributed by atoms with Crippen LogP contribution in [0.25, 0.3) is 11.0 Å². The summed E-state index contributed by atoms with van der Waals surface area (Å²) in [5.74, 6) is -0.461. The van der Waals surface area contributed by atoms with Crippen LogP contribution in [-0.4, -0.2) is 10.9 Å². The lowest BCUT2D eigenvalue weighted by atomic mass is 10.1. The molecular formula is C16H14N2O3S. The molecule has 0 saturated heterocycles. The van der Waals surface area contributed by atoms with Crippen molar-refractivity contribution in [2.24, 2.45) is 0 Å². The van der Waals surface area contributed by atoms with Gasteiger partial charge in [-0.3, -0.25) is 4.79 Å². The molecule has 0 radical (unpaired) electrons. The summed E-state index contributed by atoms with van der Waals surface area (Å²) >= 11 is 1.52. The minimum Gasteiger partial charge on any atom is -0.422 e. The van der Waals surface area contributed by atoms with Crippen LogP contribution in [0.3, 0.4) is 0 Å². The summed E-state index contributed by atoms with van der Waals surface area (Å²) in [6.07, 6.45) is 0. The molecule has 0 fully saturated rings. The molecule has 1 unspecified atom stereocenters. The molecule has 0 aliphatic rings. The molecule has 3 rings (SSSR count). The van der Waals surface area contributed by atoms with Crippen LogP contribution < -0.4 is 10.9 Å². The van der Waals surface area contributed by atoms with Crippen LogP contribution in [0.15, 0.2) is 44.9 Å². The molecule has 1 atom stereocenters. The molecule has 0 bridgehead atoms. The number of carbonyl (C=O) groups excluding carboxylic acids is 1. The normalized spacial score (nSPS) is 12.3. The summed E-state index contributed by atoms with van der Waals surface area (Å²) in [4.78, 5) is 28.6. The predicted molar refractivity (Wildman–Crippen MR) is 85.2 cm³/mol. The third kappa shape index (κ3) is 2.78. The van der Waals surface area contributed by atoms with E-state index in [0.29, 0.717) is 11.0 Å². The second kappa shape index (κ2) is 5.73. The maximum atomic E-state index is 12.3. The van der Waals surface area contributed by atoms with Crippen LogP contribution in [0.1, 0.15) is 34.0 Å². The Morgan fingerprint density at radius 3 is 2.86 bits per heavy atom. The van der Waals surface area contributed by atoms with Crippen molar-refractivity contribution in [2.75, 3.05) is 0 Å². The van der Waals surface area contributed by atoms with E-state index in [2.05, 4.69) is 10.3 Å². The highest BCUT2D eigenvalue weighted by Gasteiger charge is 2.17. The molecule has 1 amide bonds. The average Bonchev–Trinajstić information content (AvgIpc) is 2.93. The first kappa shape index (κ1) is 14.5. The minimum atomic E-state index is -0.641. The molecule has 1 aromatic carbocycles. The standard InChI is InChI=1S/C16H14N2O3S/c1-9(13-8-22-10(2)18-13)17-15(19)12-7-11-5-3-4-6-14(11)21-16(12)20/h3-9H,1-2H3,(H,17,19). The lowest BCUT2D eigenvalue weighted by molar-refractivity contribution is 0.0935. The molecule has 0 aliphatic carbocycles. The van der Waals surface area contributed by atoms with E-state index in [0.717, 1.165) is 10.7 Å². The van der Waals surface area contributed by atoms with Gasteiger partial charge in [0.1, 0.15) is 11.1 Å². The van der Waals surface area contributed by atoms with Crippen LogP contribution >= 0.6 is 11.3 Å². The summed E-state index contributed by atoms with van der Waals surface area (Å²) in [7, 11) is 0. The summed E-state index contributed by atoms with van der Waals surface area (Å²) in [6, 6.07) is 8.36. The van der Waals surface area contributed by atoms with Crippen molar-refractivity contribution in [2.45, 2.75) is 19.9 Å². The number of nitrogens with zero attached hydrogens (tertiary/aromatic N) is 1. The van der Waals surface area contributed by atoms with Gasteiger partial charge in [0.25, 0.3) is 5.91 Å². The summed E-state index contributed by atoms with van der Waals surface area (Å²) < 4.78 is 5.18. The van der Waals surface area contributed by atoms with Crippen molar-refractivity contribution in [3.8, 4) is 0 Å². The Morgan fingerprint density at radius 1 is 1.36 bits per heavy atom. The van der Waals surface area contributed by atoms with Gasteiger partial charge in [-0.1, -0.05) is 18.2 Å². The van der Waals surface area contributed by atoms with Gasteiger partial charge in [-0.25, -0.2) is 9.78 Å². The number of rotatable bonds is 3. The highest BCUT2D eigenvalue weighted by molar-refractivity contribution is 7.09.